The van der Waals surface area contributed by atoms with Crippen LogP contribution in [-0.4, -0.2) is 11.3 Å². The average molecular weight is 366 g/mol. The lowest BCUT2D eigenvalue weighted by Crippen LogP contribution is -2.01. The van der Waals surface area contributed by atoms with Crippen LogP contribution in [0.25, 0.3) is 0 Å². The van der Waals surface area contributed by atoms with Gasteiger partial charge in [-0.2, -0.15) is 0 Å². The van der Waals surface area contributed by atoms with Crippen LogP contribution < -0.4 is 0 Å². The van der Waals surface area contributed by atoms with Crippen molar-refractivity contribution >= 4 is 11.9 Å². The van der Waals surface area contributed by atoms with Gasteiger partial charge in [0, 0.05) is 11.8 Å². The van der Waals surface area contributed by atoms with E-state index in [2.05, 4.69) is 79.7 Å². The topological polar surface area (TPSA) is 32.6 Å². The molecule has 1 N–H and O–H groups in total. The monoisotopic (exact) mass is 365 g/mol. The van der Waals surface area contributed by atoms with Crippen molar-refractivity contribution in [1.82, 2.24) is 0 Å². The predicted octanol–water partition coefficient (Wildman–Crippen LogP) is 7.64. The van der Waals surface area contributed by atoms with Gasteiger partial charge in [-0.15, -0.1) is 0 Å². The molecule has 0 radical (unpaired) electrons. The predicted molar refractivity (Wildman–Crippen MR) is 118 cm³/mol. The zero-order valence-corrected chi connectivity index (χ0v) is 18.2. The van der Waals surface area contributed by atoms with Crippen molar-refractivity contribution in [2.45, 2.75) is 79.1 Å². The molecule has 146 valence electrons. The van der Waals surface area contributed by atoms with Crippen molar-refractivity contribution in [3.8, 4) is 5.75 Å². The van der Waals surface area contributed by atoms with Crippen molar-refractivity contribution in [2.75, 3.05) is 0 Å². The van der Waals surface area contributed by atoms with E-state index in [0.717, 1.165) is 16.8 Å². The molecule has 0 fully saturated rings. The van der Waals surface area contributed by atoms with Crippen molar-refractivity contribution in [3.63, 3.8) is 0 Å². The Morgan fingerprint density at radius 2 is 1.26 bits per heavy atom. The molecule has 2 aromatic carbocycles. The number of hydrogen-bond donors (Lipinski definition) is 1. The number of rotatable bonds is 6. The van der Waals surface area contributed by atoms with Crippen LogP contribution in [0.1, 0.15) is 107 Å². The minimum Gasteiger partial charge on any atom is -0.507 e. The second kappa shape index (κ2) is 8.73. The number of para-hydroxylation sites is 1. The Morgan fingerprint density at radius 1 is 0.741 bits per heavy atom. The zero-order chi connectivity index (χ0) is 20.3. The van der Waals surface area contributed by atoms with E-state index < -0.39 is 0 Å². The van der Waals surface area contributed by atoms with E-state index in [1.807, 2.05) is 12.3 Å². The van der Waals surface area contributed by atoms with Crippen LogP contribution in [0.3, 0.4) is 0 Å². The molecule has 0 atom stereocenters. The molecule has 0 aliphatic heterocycles. The maximum Gasteiger partial charge on any atom is 0.124 e. The van der Waals surface area contributed by atoms with E-state index in [1.165, 1.54) is 16.7 Å². The number of aliphatic imine (C=N–C) groups is 1. The molecule has 0 bridgehead atoms. The largest absolute Gasteiger partial charge is 0.507 e. The Kier molecular flexibility index (Phi) is 6.86. The third-order valence-corrected chi connectivity index (χ3v) is 5.17. The first kappa shape index (κ1) is 21.2. The summed E-state index contributed by atoms with van der Waals surface area (Å²) in [7, 11) is 0. The number of aromatic hydroxyl groups is 1. The molecule has 0 amide bonds. The maximum absolute atomic E-state index is 10.7. The van der Waals surface area contributed by atoms with Gasteiger partial charge in [0.1, 0.15) is 5.75 Å². The molecule has 27 heavy (non-hydrogen) atoms. The summed E-state index contributed by atoms with van der Waals surface area (Å²) >= 11 is 0. The van der Waals surface area contributed by atoms with E-state index in [4.69, 9.17) is 4.99 Å². The van der Waals surface area contributed by atoms with Gasteiger partial charge in [0.25, 0.3) is 0 Å². The van der Waals surface area contributed by atoms with Crippen LogP contribution in [0.2, 0.25) is 0 Å². The smallest absolute Gasteiger partial charge is 0.124 e. The zero-order valence-electron chi connectivity index (χ0n) is 18.2. The molecule has 0 saturated carbocycles. The van der Waals surface area contributed by atoms with Gasteiger partial charge in [0.05, 0.1) is 5.69 Å². The lowest BCUT2D eigenvalue weighted by atomic mass is 9.90. The first-order chi connectivity index (χ1) is 12.6. The van der Waals surface area contributed by atoms with Crippen LogP contribution in [-0.2, 0) is 0 Å². The molecule has 0 heterocycles. The average Bonchev–Trinajstić information content (AvgIpc) is 2.59. The van der Waals surface area contributed by atoms with Crippen molar-refractivity contribution in [1.29, 1.82) is 0 Å². The number of hydrogen-bond acceptors (Lipinski definition) is 2. The highest BCUT2D eigenvalue weighted by molar-refractivity contribution is 5.88. The van der Waals surface area contributed by atoms with Crippen LogP contribution in [0.5, 0.6) is 5.75 Å². The second-order valence-electron chi connectivity index (χ2n) is 8.71. The van der Waals surface area contributed by atoms with E-state index >= 15 is 0 Å². The highest BCUT2D eigenvalue weighted by Crippen LogP contribution is 2.36. The quantitative estimate of drug-likeness (QED) is 0.524. The fourth-order valence-electron chi connectivity index (χ4n) is 3.42. The third-order valence-electron chi connectivity index (χ3n) is 5.17. The lowest BCUT2D eigenvalue weighted by Gasteiger charge is -2.18. The van der Waals surface area contributed by atoms with Crippen LogP contribution in [0.15, 0.2) is 35.3 Å². The number of phenolic OH excluding ortho intramolecular Hbond substituents is 1. The minimum atomic E-state index is 0.320. The van der Waals surface area contributed by atoms with Gasteiger partial charge < -0.3 is 5.11 Å². The first-order valence-corrected chi connectivity index (χ1v) is 10.2. The summed E-state index contributed by atoms with van der Waals surface area (Å²) in [4.78, 5) is 4.91. The molecule has 2 rings (SSSR count). The van der Waals surface area contributed by atoms with Gasteiger partial charge in [-0.25, -0.2) is 0 Å². The van der Waals surface area contributed by atoms with Crippen molar-refractivity contribution in [3.05, 3.63) is 58.1 Å². The molecular formula is C25H35NO. The molecule has 0 spiro atoms. The molecule has 2 aromatic rings. The summed E-state index contributed by atoms with van der Waals surface area (Å²) in [6, 6.07) is 10.5. The SMILES string of the molecule is CC(C)c1cc(O)c(/C=N/c2c(C(C)C)cccc2C(C)C)c(C(C)C)c1. The normalized spacial score (nSPS) is 12.3. The molecule has 2 heteroatoms. The first-order valence-electron chi connectivity index (χ1n) is 10.2. The Hall–Kier alpha value is -2.09. The van der Waals surface area contributed by atoms with E-state index in [0.29, 0.717) is 29.4 Å². The molecular weight excluding hydrogens is 330 g/mol. The summed E-state index contributed by atoms with van der Waals surface area (Å²) in [5.74, 6) is 1.83. The minimum absolute atomic E-state index is 0.320. The maximum atomic E-state index is 10.7. The van der Waals surface area contributed by atoms with Crippen LogP contribution >= 0.6 is 0 Å². The summed E-state index contributed by atoms with van der Waals surface area (Å²) in [6.07, 6.45) is 1.86. The molecule has 0 saturated heterocycles. The Labute approximate surface area is 165 Å². The molecule has 0 aromatic heterocycles. The third kappa shape index (κ3) is 4.80. The number of benzene rings is 2. The molecule has 0 aliphatic rings. The Balaban J connectivity index is 2.62. The van der Waals surface area contributed by atoms with Crippen molar-refractivity contribution < 1.29 is 5.11 Å². The molecule has 2 nitrogen and oxygen atoms in total. The molecule has 0 unspecified atom stereocenters. The van der Waals surface area contributed by atoms with E-state index in [-0.39, 0.29) is 0 Å². The van der Waals surface area contributed by atoms with Gasteiger partial charge in [0.15, 0.2) is 0 Å². The number of phenols is 1. The second-order valence-corrected chi connectivity index (χ2v) is 8.71. The summed E-state index contributed by atoms with van der Waals surface area (Å²) in [6.45, 7) is 17.4. The van der Waals surface area contributed by atoms with Crippen molar-refractivity contribution in [2.24, 2.45) is 4.99 Å². The van der Waals surface area contributed by atoms with Gasteiger partial charge >= 0.3 is 0 Å². The van der Waals surface area contributed by atoms with E-state index in [1.54, 1.807) is 0 Å². The van der Waals surface area contributed by atoms with Crippen LogP contribution in [0.4, 0.5) is 5.69 Å². The fourth-order valence-corrected chi connectivity index (χ4v) is 3.42. The standard InChI is InChI=1S/C25H35NO/c1-15(2)19-12-22(18(7)8)23(24(27)13-19)14-26-25-20(16(3)4)10-9-11-21(25)17(5)6/h9-18,27H,1-8H3/b26-14+. The lowest BCUT2D eigenvalue weighted by molar-refractivity contribution is 0.472. The summed E-state index contributed by atoms with van der Waals surface area (Å²) < 4.78 is 0. The van der Waals surface area contributed by atoms with Gasteiger partial charge in [-0.05, 0) is 52.0 Å². The van der Waals surface area contributed by atoms with Gasteiger partial charge in [-0.3, -0.25) is 4.99 Å². The Bertz CT molecular complexity index is 787. The molecule has 0 aliphatic carbocycles. The summed E-state index contributed by atoms with van der Waals surface area (Å²) in [5, 5.41) is 10.7. The highest BCUT2D eigenvalue weighted by atomic mass is 16.3. The Morgan fingerprint density at radius 3 is 1.70 bits per heavy atom. The van der Waals surface area contributed by atoms with E-state index in [9.17, 15) is 5.11 Å². The van der Waals surface area contributed by atoms with Gasteiger partial charge in [0.2, 0.25) is 0 Å². The van der Waals surface area contributed by atoms with Gasteiger partial charge in [-0.1, -0.05) is 79.7 Å². The highest BCUT2D eigenvalue weighted by Gasteiger charge is 2.16. The fraction of sp³-hybridized carbons (Fsp3) is 0.480. The summed E-state index contributed by atoms with van der Waals surface area (Å²) in [5.41, 5.74) is 6.70. The number of nitrogens with zero attached hydrogens (tertiary/aromatic N) is 1. The van der Waals surface area contributed by atoms with Crippen LogP contribution in [0, 0.1) is 0 Å².